The van der Waals surface area contributed by atoms with Gasteiger partial charge in [-0.15, -0.1) is 0 Å². The Labute approximate surface area is 122 Å². The lowest BCUT2D eigenvalue weighted by atomic mass is 10.1. The smallest absolute Gasteiger partial charge is 0.193 e. The zero-order valence-electron chi connectivity index (χ0n) is 12.9. The van der Waals surface area contributed by atoms with E-state index in [1.54, 1.807) is 0 Å². The third kappa shape index (κ3) is 5.89. The summed E-state index contributed by atoms with van der Waals surface area (Å²) in [5.41, 5.74) is 0. The van der Waals surface area contributed by atoms with Crippen molar-refractivity contribution in [1.29, 1.82) is 0 Å². The van der Waals surface area contributed by atoms with Gasteiger partial charge in [0.1, 0.15) is 0 Å². The highest BCUT2D eigenvalue weighted by Gasteiger charge is 2.24. The number of hydrogen-bond acceptors (Lipinski definition) is 2. The zero-order valence-corrected chi connectivity index (χ0v) is 13.7. The molecule has 3 nitrogen and oxygen atoms in total. The number of nitrogens with zero attached hydrogens (tertiary/aromatic N) is 2. The summed E-state index contributed by atoms with van der Waals surface area (Å²) < 4.78 is 0. The average Bonchev–Trinajstić information content (AvgIpc) is 2.42. The molecule has 110 valence electrons. The van der Waals surface area contributed by atoms with Crippen LogP contribution in [0.2, 0.25) is 0 Å². The molecule has 0 spiro atoms. The Bertz CT molecular complexity index is 300. The molecule has 1 N–H and O–H groups in total. The van der Waals surface area contributed by atoms with Crippen LogP contribution < -0.4 is 5.32 Å². The molecule has 0 aromatic carbocycles. The van der Waals surface area contributed by atoms with Crippen LogP contribution in [0.3, 0.4) is 0 Å². The second kappa shape index (κ2) is 9.29. The number of nitrogens with one attached hydrogen (secondary N) is 1. The molecule has 1 heterocycles. The first kappa shape index (κ1) is 16.4. The van der Waals surface area contributed by atoms with Gasteiger partial charge in [0, 0.05) is 37.2 Å². The van der Waals surface area contributed by atoms with E-state index in [-0.39, 0.29) is 0 Å². The number of allylic oxidation sites excluding steroid dienone is 1. The fourth-order valence-electron chi connectivity index (χ4n) is 2.11. The number of guanidine groups is 1. The van der Waals surface area contributed by atoms with Crippen LogP contribution in [-0.2, 0) is 0 Å². The third-order valence-corrected chi connectivity index (χ3v) is 4.80. The summed E-state index contributed by atoms with van der Waals surface area (Å²) in [5, 5.41) is 4.16. The molecule has 1 rings (SSSR count). The minimum atomic E-state index is 0.730. The Morgan fingerprint density at radius 3 is 2.95 bits per heavy atom. The molecule has 0 aliphatic carbocycles. The first-order chi connectivity index (χ1) is 9.19. The van der Waals surface area contributed by atoms with E-state index in [4.69, 9.17) is 4.99 Å². The molecular formula is C15H29N3S. The predicted octanol–water partition coefficient (Wildman–Crippen LogP) is 2.99. The van der Waals surface area contributed by atoms with Gasteiger partial charge in [-0.3, -0.25) is 4.99 Å². The molecule has 0 saturated carbocycles. The van der Waals surface area contributed by atoms with Crippen molar-refractivity contribution >= 4 is 17.7 Å². The van der Waals surface area contributed by atoms with Crippen molar-refractivity contribution in [2.24, 2.45) is 10.9 Å². The molecule has 4 heteroatoms. The average molecular weight is 283 g/mol. The molecule has 1 unspecified atom stereocenters. The number of thioether (sulfide) groups is 1. The Morgan fingerprint density at radius 1 is 1.53 bits per heavy atom. The summed E-state index contributed by atoms with van der Waals surface area (Å²) in [6.45, 7) is 12.9. The van der Waals surface area contributed by atoms with Crippen LogP contribution in [0.4, 0.5) is 0 Å². The maximum Gasteiger partial charge on any atom is 0.193 e. The quantitative estimate of drug-likeness (QED) is 0.364. The highest BCUT2D eigenvalue weighted by atomic mass is 32.2. The van der Waals surface area contributed by atoms with Crippen molar-refractivity contribution < 1.29 is 0 Å². The van der Waals surface area contributed by atoms with E-state index >= 15 is 0 Å². The van der Waals surface area contributed by atoms with E-state index in [1.165, 1.54) is 5.75 Å². The van der Waals surface area contributed by atoms with Crippen molar-refractivity contribution in [3.8, 4) is 0 Å². The van der Waals surface area contributed by atoms with E-state index < -0.39 is 0 Å². The lowest BCUT2D eigenvalue weighted by Crippen LogP contribution is -2.49. The standard InChI is InChI=1S/C15H29N3S/c1-5-7-8-9-17-15(16-6-2)18-10-11-19-14(12-18)13(3)4/h5,7,13-14H,6,8-12H2,1-4H3,(H,16,17)/b7-5+. The normalized spacial score (nSPS) is 21.4. The molecular weight excluding hydrogens is 254 g/mol. The van der Waals surface area contributed by atoms with Crippen molar-refractivity contribution in [3.63, 3.8) is 0 Å². The van der Waals surface area contributed by atoms with Crippen LogP contribution in [0.15, 0.2) is 17.1 Å². The lowest BCUT2D eigenvalue weighted by Gasteiger charge is -2.36. The summed E-state index contributed by atoms with van der Waals surface area (Å²) in [6.07, 6.45) is 5.30. The molecule has 0 amide bonds. The summed E-state index contributed by atoms with van der Waals surface area (Å²) in [4.78, 5) is 7.17. The molecule has 1 fully saturated rings. The van der Waals surface area contributed by atoms with Crippen molar-refractivity contribution in [3.05, 3.63) is 12.2 Å². The van der Waals surface area contributed by atoms with Crippen molar-refractivity contribution in [2.75, 3.05) is 31.9 Å². The van der Waals surface area contributed by atoms with Gasteiger partial charge in [-0.25, -0.2) is 0 Å². The van der Waals surface area contributed by atoms with Crippen LogP contribution in [0, 0.1) is 5.92 Å². The second-order valence-electron chi connectivity index (χ2n) is 5.19. The molecule has 1 atom stereocenters. The molecule has 19 heavy (non-hydrogen) atoms. The molecule has 0 aromatic heterocycles. The number of aliphatic imine (C=N–C) groups is 1. The van der Waals surface area contributed by atoms with Gasteiger partial charge in [0.25, 0.3) is 0 Å². The highest BCUT2D eigenvalue weighted by molar-refractivity contribution is 8.00. The Balaban J connectivity index is 2.58. The predicted molar refractivity (Wildman–Crippen MR) is 88.1 cm³/mol. The number of rotatable bonds is 5. The fourth-order valence-corrected chi connectivity index (χ4v) is 3.41. The maximum atomic E-state index is 4.74. The van der Waals surface area contributed by atoms with Crippen LogP contribution in [-0.4, -0.2) is 48.0 Å². The van der Waals surface area contributed by atoms with Gasteiger partial charge in [-0.1, -0.05) is 26.0 Å². The van der Waals surface area contributed by atoms with Crippen LogP contribution in [0.5, 0.6) is 0 Å². The minimum absolute atomic E-state index is 0.730. The van der Waals surface area contributed by atoms with Gasteiger partial charge in [0.05, 0.1) is 0 Å². The zero-order chi connectivity index (χ0) is 14.1. The van der Waals surface area contributed by atoms with Crippen LogP contribution in [0.1, 0.15) is 34.1 Å². The minimum Gasteiger partial charge on any atom is -0.357 e. The van der Waals surface area contributed by atoms with E-state index in [0.717, 1.165) is 49.7 Å². The van der Waals surface area contributed by atoms with Crippen molar-refractivity contribution in [1.82, 2.24) is 10.2 Å². The van der Waals surface area contributed by atoms with Gasteiger partial charge in [-0.05, 0) is 26.2 Å². The Morgan fingerprint density at radius 2 is 2.32 bits per heavy atom. The monoisotopic (exact) mass is 283 g/mol. The lowest BCUT2D eigenvalue weighted by molar-refractivity contribution is 0.381. The van der Waals surface area contributed by atoms with Gasteiger partial charge < -0.3 is 10.2 Å². The van der Waals surface area contributed by atoms with Crippen LogP contribution >= 0.6 is 11.8 Å². The summed E-state index contributed by atoms with van der Waals surface area (Å²) in [7, 11) is 0. The fraction of sp³-hybridized carbons (Fsp3) is 0.800. The van der Waals surface area contributed by atoms with E-state index in [1.807, 2.05) is 0 Å². The molecule has 0 bridgehead atoms. The van der Waals surface area contributed by atoms with E-state index in [2.05, 4.69) is 61.8 Å². The highest BCUT2D eigenvalue weighted by Crippen LogP contribution is 2.24. The molecule has 0 radical (unpaired) electrons. The number of hydrogen-bond donors (Lipinski definition) is 1. The largest absolute Gasteiger partial charge is 0.357 e. The summed E-state index contributed by atoms with van der Waals surface area (Å²) in [5.74, 6) is 3.04. The molecule has 0 aromatic rings. The molecule has 1 aliphatic heterocycles. The topological polar surface area (TPSA) is 27.6 Å². The Kier molecular flexibility index (Phi) is 8.03. The van der Waals surface area contributed by atoms with E-state index in [0.29, 0.717) is 0 Å². The maximum absolute atomic E-state index is 4.74. The van der Waals surface area contributed by atoms with Gasteiger partial charge in [-0.2, -0.15) is 11.8 Å². The Hall–Kier alpha value is -0.640. The SMILES string of the molecule is C/C=C/CCN=C(NCC)N1CCSC(C(C)C)C1. The summed E-state index contributed by atoms with van der Waals surface area (Å²) in [6, 6.07) is 0. The molecule has 1 saturated heterocycles. The van der Waals surface area contributed by atoms with E-state index in [9.17, 15) is 0 Å². The first-order valence-electron chi connectivity index (χ1n) is 7.45. The summed E-state index contributed by atoms with van der Waals surface area (Å²) >= 11 is 2.11. The van der Waals surface area contributed by atoms with Gasteiger partial charge >= 0.3 is 0 Å². The third-order valence-electron chi connectivity index (χ3n) is 3.26. The van der Waals surface area contributed by atoms with Gasteiger partial charge in [0.2, 0.25) is 0 Å². The van der Waals surface area contributed by atoms with Gasteiger partial charge in [0.15, 0.2) is 5.96 Å². The second-order valence-corrected chi connectivity index (χ2v) is 6.54. The van der Waals surface area contributed by atoms with Crippen LogP contribution in [0.25, 0.3) is 0 Å². The van der Waals surface area contributed by atoms with Crippen molar-refractivity contribution in [2.45, 2.75) is 39.4 Å². The first-order valence-corrected chi connectivity index (χ1v) is 8.49. The molecule has 1 aliphatic rings.